The Kier molecular flexibility index (Phi) is 6.49. The molecule has 172 valence electrons. The maximum atomic E-state index is 12.4. The first-order valence-electron chi connectivity index (χ1n) is 10.6. The first-order chi connectivity index (χ1) is 15.8. The molecule has 2 aliphatic heterocycles. The standard InChI is InChI=1S/C22H24BrN7O3/c1-14(26-20(31)16-11-25-29(2)13-16)12-30-7-5-22(6-8-30)19(27-28-21(32)33-22)17-4-3-15(10-24)9-18(17)23/h3-4,9,11,13-14H,5-8,12H2,1-2H3,(H,26,31)(H,28,32)/t14-/m0/s1. The second-order valence-electron chi connectivity index (χ2n) is 8.34. The number of aromatic nitrogens is 2. The van der Waals surface area contributed by atoms with Crippen LogP contribution in [-0.4, -0.2) is 63.7 Å². The van der Waals surface area contributed by atoms with Crippen LogP contribution in [0, 0.1) is 11.3 Å². The number of nitrogens with zero attached hydrogens (tertiary/aromatic N) is 5. The van der Waals surface area contributed by atoms with Crippen molar-refractivity contribution in [2.24, 2.45) is 12.1 Å². The molecule has 1 spiro atoms. The quantitative estimate of drug-likeness (QED) is 0.630. The number of rotatable bonds is 5. The molecular formula is C22H24BrN7O3. The van der Waals surface area contributed by atoms with Gasteiger partial charge in [-0.25, -0.2) is 10.2 Å². The van der Waals surface area contributed by atoms with Crippen molar-refractivity contribution >= 4 is 33.6 Å². The van der Waals surface area contributed by atoms with E-state index in [1.807, 2.05) is 13.0 Å². The Morgan fingerprint density at radius 3 is 2.82 bits per heavy atom. The summed E-state index contributed by atoms with van der Waals surface area (Å²) in [6.45, 7) is 3.98. The van der Waals surface area contributed by atoms with Crippen LogP contribution in [-0.2, 0) is 11.8 Å². The Morgan fingerprint density at radius 2 is 2.18 bits per heavy atom. The number of likely N-dealkylation sites (tertiary alicyclic amines) is 1. The number of hydrazone groups is 1. The molecule has 1 saturated heterocycles. The number of halogens is 1. The number of benzene rings is 1. The highest BCUT2D eigenvalue weighted by Crippen LogP contribution is 2.35. The summed E-state index contributed by atoms with van der Waals surface area (Å²) in [5, 5.41) is 20.5. The molecule has 1 atom stereocenters. The van der Waals surface area contributed by atoms with Gasteiger partial charge in [0.1, 0.15) is 5.71 Å². The minimum absolute atomic E-state index is 0.0665. The van der Waals surface area contributed by atoms with Crippen molar-refractivity contribution < 1.29 is 14.3 Å². The molecule has 1 aromatic carbocycles. The monoisotopic (exact) mass is 513 g/mol. The van der Waals surface area contributed by atoms with Crippen LogP contribution in [0.15, 0.2) is 40.2 Å². The highest BCUT2D eigenvalue weighted by molar-refractivity contribution is 9.10. The molecule has 1 fully saturated rings. The maximum absolute atomic E-state index is 12.4. The lowest BCUT2D eigenvalue weighted by atomic mass is 9.82. The van der Waals surface area contributed by atoms with Gasteiger partial charge in [0.2, 0.25) is 0 Å². The fourth-order valence-corrected chi connectivity index (χ4v) is 4.82. The van der Waals surface area contributed by atoms with Crippen LogP contribution in [0.25, 0.3) is 0 Å². The maximum Gasteiger partial charge on any atom is 0.428 e. The molecule has 4 rings (SSSR count). The van der Waals surface area contributed by atoms with E-state index in [2.05, 4.69) is 47.8 Å². The van der Waals surface area contributed by atoms with Gasteiger partial charge in [-0.2, -0.15) is 15.5 Å². The van der Waals surface area contributed by atoms with Crippen molar-refractivity contribution in [2.75, 3.05) is 19.6 Å². The number of ether oxygens (including phenoxy) is 1. The Balaban J connectivity index is 1.42. The first-order valence-corrected chi connectivity index (χ1v) is 11.4. The number of hydrogen-bond donors (Lipinski definition) is 2. The van der Waals surface area contributed by atoms with Crippen molar-refractivity contribution in [3.8, 4) is 6.07 Å². The molecule has 2 aliphatic rings. The summed E-state index contributed by atoms with van der Waals surface area (Å²) >= 11 is 3.52. The number of piperidine rings is 1. The molecule has 11 heteroatoms. The normalized spacial score (nSPS) is 18.6. The minimum Gasteiger partial charge on any atom is -0.435 e. The number of amides is 2. The van der Waals surface area contributed by atoms with Crippen LogP contribution in [0.2, 0.25) is 0 Å². The average Bonchev–Trinajstić information content (AvgIpc) is 3.22. The van der Waals surface area contributed by atoms with Crippen molar-refractivity contribution in [1.82, 2.24) is 25.4 Å². The topological polar surface area (TPSA) is 125 Å². The van der Waals surface area contributed by atoms with E-state index >= 15 is 0 Å². The SMILES string of the molecule is C[C@@H](CN1CCC2(CC1)OC(=O)NN=C2c1ccc(C#N)cc1Br)NC(=O)c1cnn(C)c1. The van der Waals surface area contributed by atoms with E-state index < -0.39 is 11.7 Å². The Bertz CT molecular complexity index is 1150. The molecule has 0 unspecified atom stereocenters. The van der Waals surface area contributed by atoms with Gasteiger partial charge < -0.3 is 15.0 Å². The fraction of sp³-hybridized carbons (Fsp3) is 0.409. The van der Waals surface area contributed by atoms with Gasteiger partial charge in [-0.3, -0.25) is 9.48 Å². The molecular weight excluding hydrogens is 490 g/mol. The van der Waals surface area contributed by atoms with Crippen LogP contribution in [0.3, 0.4) is 0 Å². The van der Waals surface area contributed by atoms with E-state index in [0.717, 1.165) is 5.56 Å². The summed E-state index contributed by atoms with van der Waals surface area (Å²) in [4.78, 5) is 26.7. The van der Waals surface area contributed by atoms with Gasteiger partial charge >= 0.3 is 6.09 Å². The summed E-state index contributed by atoms with van der Waals surface area (Å²) in [6, 6.07) is 7.30. The zero-order valence-electron chi connectivity index (χ0n) is 18.3. The number of carbonyl (C=O) groups is 2. The molecule has 33 heavy (non-hydrogen) atoms. The second kappa shape index (κ2) is 9.33. The molecule has 0 radical (unpaired) electrons. The summed E-state index contributed by atoms with van der Waals surface area (Å²) < 4.78 is 8.11. The third kappa shape index (κ3) is 4.91. The molecule has 2 aromatic rings. The Hall–Kier alpha value is -3.23. The largest absolute Gasteiger partial charge is 0.435 e. The van der Waals surface area contributed by atoms with Crippen molar-refractivity contribution in [3.63, 3.8) is 0 Å². The van der Waals surface area contributed by atoms with E-state index in [-0.39, 0.29) is 11.9 Å². The van der Waals surface area contributed by atoms with E-state index in [1.165, 1.54) is 0 Å². The number of nitrogens with one attached hydrogen (secondary N) is 2. The van der Waals surface area contributed by atoms with Crippen LogP contribution in [0.4, 0.5) is 4.79 Å². The van der Waals surface area contributed by atoms with E-state index in [0.29, 0.717) is 53.8 Å². The lowest BCUT2D eigenvalue weighted by Crippen LogP contribution is -2.57. The van der Waals surface area contributed by atoms with Crippen molar-refractivity contribution in [2.45, 2.75) is 31.4 Å². The fourth-order valence-electron chi connectivity index (χ4n) is 4.25. The van der Waals surface area contributed by atoms with Gasteiger partial charge in [-0.15, -0.1) is 0 Å². The van der Waals surface area contributed by atoms with Crippen LogP contribution >= 0.6 is 15.9 Å². The Morgan fingerprint density at radius 1 is 1.42 bits per heavy atom. The number of nitriles is 1. The van der Waals surface area contributed by atoms with Crippen LogP contribution in [0.1, 0.15) is 41.3 Å². The smallest absolute Gasteiger partial charge is 0.428 e. The first kappa shape index (κ1) is 22.9. The van der Waals surface area contributed by atoms with Gasteiger partial charge in [0.15, 0.2) is 5.60 Å². The van der Waals surface area contributed by atoms with Gasteiger partial charge in [0.05, 0.1) is 23.4 Å². The molecule has 1 aromatic heterocycles. The number of carbonyl (C=O) groups excluding carboxylic acids is 2. The minimum atomic E-state index is -0.849. The van der Waals surface area contributed by atoms with E-state index in [9.17, 15) is 9.59 Å². The highest BCUT2D eigenvalue weighted by atomic mass is 79.9. The van der Waals surface area contributed by atoms with Crippen molar-refractivity contribution in [1.29, 1.82) is 5.26 Å². The van der Waals surface area contributed by atoms with Gasteiger partial charge in [0, 0.05) is 61.8 Å². The predicted molar refractivity (Wildman–Crippen MR) is 124 cm³/mol. The Labute approximate surface area is 199 Å². The predicted octanol–water partition coefficient (Wildman–Crippen LogP) is 2.15. The zero-order valence-corrected chi connectivity index (χ0v) is 19.9. The van der Waals surface area contributed by atoms with Gasteiger partial charge in [0.25, 0.3) is 5.91 Å². The molecule has 2 N–H and O–H groups in total. The summed E-state index contributed by atoms with van der Waals surface area (Å²) in [5.74, 6) is -0.156. The molecule has 2 amide bonds. The molecule has 0 bridgehead atoms. The molecule has 3 heterocycles. The average molecular weight is 514 g/mol. The zero-order chi connectivity index (χ0) is 23.6. The summed E-state index contributed by atoms with van der Waals surface area (Å²) in [6.07, 6.45) is 3.78. The third-order valence-electron chi connectivity index (χ3n) is 5.87. The van der Waals surface area contributed by atoms with E-state index in [4.69, 9.17) is 10.00 Å². The van der Waals surface area contributed by atoms with E-state index in [1.54, 1.807) is 36.3 Å². The summed E-state index contributed by atoms with van der Waals surface area (Å²) in [5.41, 5.74) is 4.03. The summed E-state index contributed by atoms with van der Waals surface area (Å²) in [7, 11) is 1.77. The second-order valence-corrected chi connectivity index (χ2v) is 9.19. The highest BCUT2D eigenvalue weighted by Gasteiger charge is 2.46. The molecule has 10 nitrogen and oxygen atoms in total. The van der Waals surface area contributed by atoms with Gasteiger partial charge in [-0.1, -0.05) is 22.0 Å². The van der Waals surface area contributed by atoms with Gasteiger partial charge in [-0.05, 0) is 19.1 Å². The lowest BCUT2D eigenvalue weighted by molar-refractivity contribution is 0.00486. The van der Waals surface area contributed by atoms with Crippen LogP contribution < -0.4 is 10.7 Å². The van der Waals surface area contributed by atoms with Crippen molar-refractivity contribution in [3.05, 3.63) is 51.8 Å². The number of hydrogen-bond acceptors (Lipinski definition) is 7. The number of aryl methyl sites for hydroxylation is 1. The molecule has 0 saturated carbocycles. The lowest BCUT2D eigenvalue weighted by Gasteiger charge is -2.43. The molecule has 0 aliphatic carbocycles. The third-order valence-corrected chi connectivity index (χ3v) is 6.53. The van der Waals surface area contributed by atoms with Crippen LogP contribution in [0.5, 0.6) is 0 Å².